The maximum atomic E-state index is 13.1. The van der Waals surface area contributed by atoms with Gasteiger partial charge in [-0.2, -0.15) is 0 Å². The molecule has 0 atom stereocenters. The molecule has 8 nitrogen and oxygen atoms in total. The van der Waals surface area contributed by atoms with E-state index >= 15 is 0 Å². The van der Waals surface area contributed by atoms with E-state index in [4.69, 9.17) is 4.74 Å². The van der Waals surface area contributed by atoms with Crippen LogP contribution >= 0.6 is 0 Å². The van der Waals surface area contributed by atoms with Crippen LogP contribution in [0.2, 0.25) is 0 Å². The third-order valence-corrected chi connectivity index (χ3v) is 5.71. The van der Waals surface area contributed by atoms with Crippen LogP contribution in [0.3, 0.4) is 0 Å². The molecule has 4 rings (SSSR count). The van der Waals surface area contributed by atoms with Crippen LogP contribution in [0, 0.1) is 0 Å². The quantitative estimate of drug-likeness (QED) is 0.485. The Kier molecular flexibility index (Phi) is 7.39. The van der Waals surface area contributed by atoms with Gasteiger partial charge in [0, 0.05) is 37.6 Å². The standard InChI is InChI=1S/C27H31N5O3/c1-27(2,3)35-26(34)31-22-8-7-20(19-9-11-28-12-10-19)15-21(22)16-24(33)23-17-30-25(18-29-23)32-13-5-4-6-14-32/h7-12,15,17-18H,4-6,13-14,16H2,1-3H3,(H,31,34). The van der Waals surface area contributed by atoms with Gasteiger partial charge < -0.3 is 9.64 Å². The third-order valence-electron chi connectivity index (χ3n) is 5.71. The van der Waals surface area contributed by atoms with Crippen LogP contribution in [-0.4, -0.2) is 45.5 Å². The summed E-state index contributed by atoms with van der Waals surface area (Å²) in [7, 11) is 0. The van der Waals surface area contributed by atoms with Crippen LogP contribution in [0.1, 0.15) is 56.1 Å². The van der Waals surface area contributed by atoms with Gasteiger partial charge in [-0.25, -0.2) is 14.8 Å². The topological polar surface area (TPSA) is 97.3 Å². The summed E-state index contributed by atoms with van der Waals surface area (Å²) in [4.78, 5) is 40.7. The van der Waals surface area contributed by atoms with Crippen molar-refractivity contribution < 1.29 is 14.3 Å². The van der Waals surface area contributed by atoms with E-state index in [9.17, 15) is 9.59 Å². The van der Waals surface area contributed by atoms with Crippen LogP contribution in [0.15, 0.2) is 55.1 Å². The van der Waals surface area contributed by atoms with Gasteiger partial charge in [0.05, 0.1) is 12.4 Å². The van der Waals surface area contributed by atoms with Gasteiger partial charge in [0.2, 0.25) is 0 Å². The molecule has 0 spiro atoms. The largest absolute Gasteiger partial charge is 0.444 e. The fourth-order valence-corrected chi connectivity index (χ4v) is 4.01. The molecule has 2 aromatic heterocycles. The number of piperidine rings is 1. The van der Waals surface area contributed by atoms with Crippen molar-refractivity contribution in [2.75, 3.05) is 23.3 Å². The van der Waals surface area contributed by atoms with E-state index in [-0.39, 0.29) is 12.2 Å². The van der Waals surface area contributed by atoms with Crippen molar-refractivity contribution in [3.05, 3.63) is 66.4 Å². The lowest BCUT2D eigenvalue weighted by molar-refractivity contribution is 0.0635. The Hall–Kier alpha value is -3.81. The second-order valence-electron chi connectivity index (χ2n) is 9.64. The molecular weight excluding hydrogens is 442 g/mol. The van der Waals surface area contributed by atoms with Gasteiger partial charge in [-0.05, 0) is 81.0 Å². The summed E-state index contributed by atoms with van der Waals surface area (Å²) in [6.07, 6.45) is 9.65. The minimum absolute atomic E-state index is 0.0573. The number of ketones is 1. The molecule has 1 saturated heterocycles. The molecule has 8 heteroatoms. The molecule has 0 bridgehead atoms. The normalized spacial score (nSPS) is 13.9. The second-order valence-corrected chi connectivity index (χ2v) is 9.64. The van der Waals surface area contributed by atoms with Crippen molar-refractivity contribution in [1.82, 2.24) is 15.0 Å². The van der Waals surface area contributed by atoms with Gasteiger partial charge in [0.1, 0.15) is 17.1 Å². The Morgan fingerprint density at radius 2 is 1.71 bits per heavy atom. The molecule has 182 valence electrons. The highest BCUT2D eigenvalue weighted by Gasteiger charge is 2.20. The van der Waals surface area contributed by atoms with Crippen molar-refractivity contribution in [1.29, 1.82) is 0 Å². The first-order valence-electron chi connectivity index (χ1n) is 11.9. The molecule has 1 fully saturated rings. The fraction of sp³-hybridized carbons (Fsp3) is 0.370. The summed E-state index contributed by atoms with van der Waals surface area (Å²) < 4.78 is 5.40. The van der Waals surface area contributed by atoms with Gasteiger partial charge in [-0.3, -0.25) is 15.1 Å². The molecular formula is C27H31N5O3. The molecule has 1 N–H and O–H groups in total. The number of nitrogens with one attached hydrogen (secondary N) is 1. The molecule has 0 aliphatic carbocycles. The van der Waals surface area contributed by atoms with Crippen LogP contribution in [0.4, 0.5) is 16.3 Å². The zero-order chi connectivity index (χ0) is 24.8. The number of carbonyl (C=O) groups excluding carboxylic acids is 2. The van der Waals surface area contributed by atoms with Crippen LogP contribution in [0.25, 0.3) is 11.1 Å². The fourth-order valence-electron chi connectivity index (χ4n) is 4.01. The highest BCUT2D eigenvalue weighted by atomic mass is 16.6. The molecule has 1 aliphatic heterocycles. The van der Waals surface area contributed by atoms with Gasteiger partial charge in [-0.1, -0.05) is 6.07 Å². The summed E-state index contributed by atoms with van der Waals surface area (Å²) in [5.41, 5.74) is 2.71. The molecule has 35 heavy (non-hydrogen) atoms. The number of rotatable bonds is 6. The average Bonchev–Trinajstić information content (AvgIpc) is 2.85. The van der Waals surface area contributed by atoms with E-state index in [0.717, 1.165) is 42.9 Å². The number of amides is 1. The smallest absolute Gasteiger partial charge is 0.412 e. The molecule has 0 saturated carbocycles. The summed E-state index contributed by atoms with van der Waals surface area (Å²) in [6.45, 7) is 7.33. The van der Waals surface area contributed by atoms with Crippen molar-refractivity contribution >= 4 is 23.4 Å². The summed E-state index contributed by atoms with van der Waals surface area (Å²) in [5, 5.41) is 2.79. The number of anilines is 2. The summed E-state index contributed by atoms with van der Waals surface area (Å²) >= 11 is 0. The first-order chi connectivity index (χ1) is 16.8. The van der Waals surface area contributed by atoms with Gasteiger partial charge in [-0.15, -0.1) is 0 Å². The number of pyridine rings is 1. The highest BCUT2D eigenvalue weighted by molar-refractivity contribution is 5.97. The predicted molar refractivity (Wildman–Crippen MR) is 136 cm³/mol. The molecule has 1 amide bonds. The van der Waals surface area contributed by atoms with E-state index in [1.165, 1.54) is 6.42 Å². The Labute approximate surface area is 205 Å². The molecule has 1 aromatic carbocycles. The first-order valence-corrected chi connectivity index (χ1v) is 11.9. The molecule has 3 heterocycles. The Morgan fingerprint density at radius 1 is 0.971 bits per heavy atom. The molecule has 1 aliphatic rings. The monoisotopic (exact) mass is 473 g/mol. The van der Waals surface area contributed by atoms with Crippen molar-refractivity contribution in [2.24, 2.45) is 0 Å². The number of nitrogens with zero attached hydrogens (tertiary/aromatic N) is 4. The lowest BCUT2D eigenvalue weighted by Gasteiger charge is -2.27. The number of benzene rings is 1. The van der Waals surface area contributed by atoms with Crippen LogP contribution in [0.5, 0.6) is 0 Å². The number of hydrogen-bond acceptors (Lipinski definition) is 7. The zero-order valence-electron chi connectivity index (χ0n) is 20.5. The van der Waals surface area contributed by atoms with E-state index in [1.807, 2.05) is 24.3 Å². The van der Waals surface area contributed by atoms with Gasteiger partial charge in [0.15, 0.2) is 5.78 Å². The van der Waals surface area contributed by atoms with Crippen LogP contribution < -0.4 is 10.2 Å². The number of Topliss-reactive ketones (excluding diaryl/α,β-unsaturated/α-hetero) is 1. The average molecular weight is 474 g/mol. The minimum Gasteiger partial charge on any atom is -0.444 e. The van der Waals surface area contributed by atoms with E-state index in [1.54, 1.807) is 51.6 Å². The number of hydrogen-bond donors (Lipinski definition) is 1. The molecule has 3 aromatic rings. The van der Waals surface area contributed by atoms with E-state index < -0.39 is 11.7 Å². The number of ether oxygens (including phenoxy) is 1. The minimum atomic E-state index is -0.636. The molecule has 0 unspecified atom stereocenters. The highest BCUT2D eigenvalue weighted by Crippen LogP contribution is 2.27. The maximum Gasteiger partial charge on any atom is 0.412 e. The summed E-state index contributed by atoms with van der Waals surface area (Å²) in [5.74, 6) is 0.620. The SMILES string of the molecule is CC(C)(C)OC(=O)Nc1ccc(-c2ccncc2)cc1CC(=O)c1cnc(N2CCCCC2)cn1. The Bertz CT molecular complexity index is 1170. The first kappa shape index (κ1) is 24.3. The number of aromatic nitrogens is 3. The second kappa shape index (κ2) is 10.6. The predicted octanol–water partition coefficient (Wildman–Crippen LogP) is 5.30. The van der Waals surface area contributed by atoms with Gasteiger partial charge >= 0.3 is 6.09 Å². The van der Waals surface area contributed by atoms with Crippen LogP contribution in [-0.2, 0) is 11.2 Å². The Balaban J connectivity index is 1.56. The van der Waals surface area contributed by atoms with E-state index in [2.05, 4.69) is 25.2 Å². The summed E-state index contributed by atoms with van der Waals surface area (Å²) in [6, 6.07) is 9.37. The third kappa shape index (κ3) is 6.62. The van der Waals surface area contributed by atoms with Gasteiger partial charge in [0.25, 0.3) is 0 Å². The zero-order valence-corrected chi connectivity index (χ0v) is 20.5. The lowest BCUT2D eigenvalue weighted by atomic mass is 9.99. The van der Waals surface area contributed by atoms with Crippen molar-refractivity contribution in [3.8, 4) is 11.1 Å². The Morgan fingerprint density at radius 3 is 2.37 bits per heavy atom. The van der Waals surface area contributed by atoms with Crippen molar-refractivity contribution in [2.45, 2.75) is 52.1 Å². The maximum absolute atomic E-state index is 13.1. The molecule has 0 radical (unpaired) electrons. The van der Waals surface area contributed by atoms with Crippen molar-refractivity contribution in [3.63, 3.8) is 0 Å². The number of carbonyl (C=O) groups is 2. The van der Waals surface area contributed by atoms with E-state index in [0.29, 0.717) is 16.9 Å². The lowest BCUT2D eigenvalue weighted by Crippen LogP contribution is -2.30.